The second kappa shape index (κ2) is 11.5. The van der Waals surface area contributed by atoms with Crippen LogP contribution in [0.15, 0.2) is 60.7 Å². The molecule has 0 aromatic heterocycles. The third-order valence-corrected chi connectivity index (χ3v) is 5.31. The Morgan fingerprint density at radius 2 is 1.35 bits per heavy atom. The van der Waals surface area contributed by atoms with E-state index in [0.717, 1.165) is 18.2 Å². The van der Waals surface area contributed by atoms with Gasteiger partial charge < -0.3 is 24.3 Å². The summed E-state index contributed by atoms with van der Waals surface area (Å²) in [7, 11) is 5.73. The molecule has 3 rings (SSSR count). The van der Waals surface area contributed by atoms with Crippen LogP contribution in [0.3, 0.4) is 0 Å². The molecule has 0 aliphatic rings. The van der Waals surface area contributed by atoms with Crippen LogP contribution in [-0.4, -0.2) is 40.1 Å². The summed E-state index contributed by atoms with van der Waals surface area (Å²) >= 11 is 0. The SMILES string of the molecule is COc1ccc(C(=O)c2cc(OC)c(OC)c(OC)c2)cc1NC(=O)/C=C/c1ccc(C(F)(F)F)cc1. The van der Waals surface area contributed by atoms with E-state index in [0.29, 0.717) is 28.6 Å². The van der Waals surface area contributed by atoms with Crippen LogP contribution < -0.4 is 24.3 Å². The number of halogens is 3. The Morgan fingerprint density at radius 1 is 0.757 bits per heavy atom. The number of ether oxygens (including phenoxy) is 4. The number of hydrogen-bond acceptors (Lipinski definition) is 6. The van der Waals surface area contributed by atoms with Crippen LogP contribution in [0.25, 0.3) is 6.08 Å². The maximum absolute atomic E-state index is 13.2. The van der Waals surface area contributed by atoms with Crippen molar-refractivity contribution in [1.82, 2.24) is 0 Å². The van der Waals surface area contributed by atoms with Gasteiger partial charge in [-0.3, -0.25) is 9.59 Å². The van der Waals surface area contributed by atoms with Gasteiger partial charge in [-0.2, -0.15) is 13.2 Å². The monoisotopic (exact) mass is 515 g/mol. The van der Waals surface area contributed by atoms with Gasteiger partial charge in [0.1, 0.15) is 5.75 Å². The molecule has 0 aliphatic heterocycles. The molecule has 1 amide bonds. The summed E-state index contributed by atoms with van der Waals surface area (Å²) in [6.45, 7) is 0. The molecule has 3 aromatic carbocycles. The Kier molecular flexibility index (Phi) is 8.44. The van der Waals surface area contributed by atoms with Gasteiger partial charge in [-0.15, -0.1) is 0 Å². The zero-order chi connectivity index (χ0) is 27.2. The Hall–Kier alpha value is -4.47. The molecule has 0 saturated heterocycles. The minimum atomic E-state index is -4.44. The zero-order valence-corrected chi connectivity index (χ0v) is 20.4. The number of alkyl halides is 3. The number of methoxy groups -OCH3 is 4. The summed E-state index contributed by atoms with van der Waals surface area (Å²) in [5, 5.41) is 2.63. The molecule has 0 heterocycles. The van der Waals surface area contributed by atoms with E-state index >= 15 is 0 Å². The number of benzene rings is 3. The van der Waals surface area contributed by atoms with E-state index in [1.807, 2.05) is 0 Å². The number of hydrogen-bond donors (Lipinski definition) is 1. The van der Waals surface area contributed by atoms with Crippen LogP contribution >= 0.6 is 0 Å². The summed E-state index contributed by atoms with van der Waals surface area (Å²) in [6, 6.07) is 11.9. The van der Waals surface area contributed by atoms with E-state index < -0.39 is 17.6 Å². The average Bonchev–Trinajstić information content (AvgIpc) is 2.90. The lowest BCUT2D eigenvalue weighted by Crippen LogP contribution is -2.11. The Bertz CT molecular complexity index is 1290. The van der Waals surface area contributed by atoms with Gasteiger partial charge in [-0.05, 0) is 54.1 Å². The number of carbonyl (C=O) groups is 2. The van der Waals surface area contributed by atoms with Crippen molar-refractivity contribution >= 4 is 23.5 Å². The largest absolute Gasteiger partial charge is 0.495 e. The first-order valence-corrected chi connectivity index (χ1v) is 10.8. The Labute approximate surface area is 211 Å². The smallest absolute Gasteiger partial charge is 0.416 e. The van der Waals surface area contributed by atoms with Gasteiger partial charge in [0, 0.05) is 17.2 Å². The summed E-state index contributed by atoms with van der Waals surface area (Å²) in [5.41, 5.74) is 0.355. The van der Waals surface area contributed by atoms with E-state index in [4.69, 9.17) is 18.9 Å². The van der Waals surface area contributed by atoms with Gasteiger partial charge in [0.2, 0.25) is 11.7 Å². The summed E-state index contributed by atoms with van der Waals surface area (Å²) in [4.78, 5) is 25.7. The second-order valence-corrected chi connectivity index (χ2v) is 7.60. The van der Waals surface area contributed by atoms with Crippen LogP contribution in [0.5, 0.6) is 23.0 Å². The highest BCUT2D eigenvalue weighted by atomic mass is 19.4. The number of carbonyl (C=O) groups excluding carboxylic acids is 2. The summed E-state index contributed by atoms with van der Waals surface area (Å²) in [5.74, 6) is 0.302. The standard InChI is InChI=1S/C27H24F3NO6/c1-34-21-11-8-17(25(33)18-14-22(35-2)26(37-4)23(15-18)36-3)13-20(21)31-24(32)12-7-16-5-9-19(10-6-16)27(28,29)30/h5-15H,1-4H3,(H,31,32)/b12-7+. The van der Waals surface area contributed by atoms with E-state index in [1.54, 1.807) is 0 Å². The van der Waals surface area contributed by atoms with Crippen molar-refractivity contribution < 1.29 is 41.7 Å². The Morgan fingerprint density at radius 3 is 1.86 bits per heavy atom. The van der Waals surface area contributed by atoms with Crippen molar-refractivity contribution in [1.29, 1.82) is 0 Å². The van der Waals surface area contributed by atoms with Crippen molar-refractivity contribution in [2.45, 2.75) is 6.18 Å². The van der Waals surface area contributed by atoms with E-state index in [2.05, 4.69) is 5.32 Å². The van der Waals surface area contributed by atoms with Crippen molar-refractivity contribution in [2.24, 2.45) is 0 Å². The molecule has 0 atom stereocenters. The number of rotatable bonds is 9. The van der Waals surface area contributed by atoms with E-state index in [-0.39, 0.29) is 22.6 Å². The Balaban J connectivity index is 1.84. The molecule has 0 aliphatic carbocycles. The van der Waals surface area contributed by atoms with Crippen LogP contribution in [0, 0.1) is 0 Å². The molecule has 0 spiro atoms. The molecule has 0 saturated carbocycles. The van der Waals surface area contributed by atoms with Crippen LogP contribution in [0.2, 0.25) is 0 Å². The van der Waals surface area contributed by atoms with Gasteiger partial charge in [-0.25, -0.2) is 0 Å². The van der Waals surface area contributed by atoms with Crippen LogP contribution in [0.4, 0.5) is 18.9 Å². The maximum atomic E-state index is 13.2. The van der Waals surface area contributed by atoms with Gasteiger partial charge in [-0.1, -0.05) is 12.1 Å². The lowest BCUT2D eigenvalue weighted by molar-refractivity contribution is -0.137. The highest BCUT2D eigenvalue weighted by Gasteiger charge is 2.29. The summed E-state index contributed by atoms with van der Waals surface area (Å²) < 4.78 is 59.3. The molecular weight excluding hydrogens is 491 g/mol. The predicted octanol–water partition coefficient (Wildman–Crippen LogP) is 5.62. The van der Waals surface area contributed by atoms with Crippen molar-refractivity contribution in [2.75, 3.05) is 33.8 Å². The highest BCUT2D eigenvalue weighted by molar-refractivity contribution is 6.11. The fraction of sp³-hybridized carbons (Fsp3) is 0.185. The number of ketones is 1. The molecule has 0 bridgehead atoms. The number of anilines is 1. The first kappa shape index (κ1) is 27.1. The average molecular weight is 515 g/mol. The van der Waals surface area contributed by atoms with Crippen LogP contribution in [0.1, 0.15) is 27.0 Å². The first-order chi connectivity index (χ1) is 17.6. The molecule has 3 aromatic rings. The second-order valence-electron chi connectivity index (χ2n) is 7.60. The van der Waals surface area contributed by atoms with Gasteiger partial charge in [0.25, 0.3) is 0 Å². The fourth-order valence-electron chi connectivity index (χ4n) is 3.46. The lowest BCUT2D eigenvalue weighted by Gasteiger charge is -2.14. The van der Waals surface area contributed by atoms with E-state index in [9.17, 15) is 22.8 Å². The molecule has 1 N–H and O–H groups in total. The van der Waals surface area contributed by atoms with E-state index in [1.165, 1.54) is 77.0 Å². The molecule has 194 valence electrons. The van der Waals surface area contributed by atoms with Gasteiger partial charge >= 0.3 is 6.18 Å². The topological polar surface area (TPSA) is 83.1 Å². The normalized spacial score (nSPS) is 11.2. The minimum absolute atomic E-state index is 0.225. The molecule has 0 fully saturated rings. The van der Waals surface area contributed by atoms with Gasteiger partial charge in [0.15, 0.2) is 17.3 Å². The quantitative estimate of drug-likeness (QED) is 0.294. The van der Waals surface area contributed by atoms with Crippen molar-refractivity contribution in [3.63, 3.8) is 0 Å². The van der Waals surface area contributed by atoms with Crippen molar-refractivity contribution in [3.05, 3.63) is 82.9 Å². The zero-order valence-electron chi connectivity index (χ0n) is 20.4. The molecule has 0 unspecified atom stereocenters. The third kappa shape index (κ3) is 6.40. The molecule has 37 heavy (non-hydrogen) atoms. The lowest BCUT2D eigenvalue weighted by atomic mass is 10.0. The minimum Gasteiger partial charge on any atom is -0.495 e. The molecule has 7 nitrogen and oxygen atoms in total. The third-order valence-electron chi connectivity index (χ3n) is 5.31. The highest BCUT2D eigenvalue weighted by Crippen LogP contribution is 2.39. The number of nitrogens with one attached hydrogen (secondary N) is 1. The molecule has 0 radical (unpaired) electrons. The molecular formula is C27H24F3NO6. The predicted molar refractivity (Wildman–Crippen MR) is 132 cm³/mol. The maximum Gasteiger partial charge on any atom is 0.416 e. The fourth-order valence-corrected chi connectivity index (χ4v) is 3.46. The first-order valence-electron chi connectivity index (χ1n) is 10.8. The summed E-state index contributed by atoms with van der Waals surface area (Å²) in [6.07, 6.45) is -1.91. The molecule has 10 heteroatoms. The van der Waals surface area contributed by atoms with Crippen LogP contribution in [-0.2, 0) is 11.0 Å². The van der Waals surface area contributed by atoms with Crippen molar-refractivity contribution in [3.8, 4) is 23.0 Å². The number of amides is 1. The van der Waals surface area contributed by atoms with Gasteiger partial charge in [0.05, 0.1) is 39.7 Å².